The van der Waals surface area contributed by atoms with E-state index in [-0.39, 0.29) is 22.7 Å². The molecule has 3 heterocycles. The van der Waals surface area contributed by atoms with Gasteiger partial charge in [-0.25, -0.2) is 4.98 Å². The van der Waals surface area contributed by atoms with Gasteiger partial charge in [0, 0.05) is 57.9 Å². The van der Waals surface area contributed by atoms with Crippen LogP contribution in [0, 0.1) is 17.2 Å². The summed E-state index contributed by atoms with van der Waals surface area (Å²) in [6, 6.07) is 9.67. The van der Waals surface area contributed by atoms with Crippen molar-refractivity contribution in [3.05, 3.63) is 52.4 Å². The summed E-state index contributed by atoms with van der Waals surface area (Å²) < 4.78 is 0. The molecule has 2 aromatic rings. The molecule has 0 atom stereocenters. The van der Waals surface area contributed by atoms with Crippen molar-refractivity contribution in [2.24, 2.45) is 5.92 Å². The molecule has 1 N–H and O–H groups in total. The van der Waals surface area contributed by atoms with Crippen molar-refractivity contribution in [3.63, 3.8) is 0 Å². The Balaban J connectivity index is 1.29. The molecule has 10 heteroatoms. The summed E-state index contributed by atoms with van der Waals surface area (Å²) in [6.45, 7) is 14.7. The molecule has 198 valence electrons. The number of carbonyl (C=O) groups is 1. The van der Waals surface area contributed by atoms with Crippen molar-refractivity contribution in [1.29, 1.82) is 5.26 Å². The van der Waals surface area contributed by atoms with Gasteiger partial charge in [-0.15, -0.1) is 0 Å². The normalized spacial score (nSPS) is 17.2. The van der Waals surface area contributed by atoms with Crippen LogP contribution in [0.15, 0.2) is 30.5 Å². The molecule has 2 aliphatic heterocycles. The van der Waals surface area contributed by atoms with Gasteiger partial charge in [0.1, 0.15) is 11.1 Å². The van der Waals surface area contributed by atoms with Gasteiger partial charge in [0.15, 0.2) is 5.82 Å². The topological polar surface area (TPSA) is 91.6 Å². The fraction of sp³-hybridized carbons (Fsp3) is 0.556. The van der Waals surface area contributed by atoms with Crippen LogP contribution in [0.4, 0.5) is 5.82 Å². The largest absolute Gasteiger partial charge is 0.302 e. The zero-order chi connectivity index (χ0) is 26.2. The lowest BCUT2D eigenvalue weighted by molar-refractivity contribution is 0.0947. The Labute approximate surface area is 225 Å². The number of benzene rings is 1. The van der Waals surface area contributed by atoms with Crippen molar-refractivity contribution in [3.8, 4) is 6.07 Å². The van der Waals surface area contributed by atoms with Gasteiger partial charge in [0.25, 0.3) is 5.91 Å². The minimum Gasteiger partial charge on any atom is -0.302 e. The number of nitrogens with one attached hydrogen (secondary N) is 1. The molecule has 1 aromatic heterocycles. The molecule has 2 aliphatic rings. The van der Waals surface area contributed by atoms with E-state index in [4.69, 9.17) is 16.9 Å². The third kappa shape index (κ3) is 7.86. The van der Waals surface area contributed by atoms with Gasteiger partial charge in [0.2, 0.25) is 5.82 Å². The monoisotopic (exact) mass is 524 g/mol. The molecule has 0 aliphatic carbocycles. The van der Waals surface area contributed by atoms with Crippen LogP contribution < -0.4 is 10.4 Å². The second-order valence-corrected chi connectivity index (χ2v) is 10.7. The minimum atomic E-state index is -0.257. The molecule has 2 fully saturated rings. The Kier molecular flexibility index (Phi) is 9.69. The van der Waals surface area contributed by atoms with Crippen LogP contribution in [0.5, 0.6) is 0 Å². The van der Waals surface area contributed by atoms with E-state index in [1.807, 2.05) is 44.2 Å². The van der Waals surface area contributed by atoms with Gasteiger partial charge >= 0.3 is 0 Å². The number of nitriles is 1. The Bertz CT molecular complexity index is 1070. The lowest BCUT2D eigenvalue weighted by atomic mass is 10.1. The number of hydrogen-bond acceptors (Lipinski definition) is 8. The zero-order valence-electron chi connectivity index (χ0n) is 21.9. The summed E-state index contributed by atoms with van der Waals surface area (Å²) >= 11 is 6.29. The third-order valence-electron chi connectivity index (χ3n) is 6.88. The van der Waals surface area contributed by atoms with Gasteiger partial charge in [-0.05, 0) is 49.5 Å². The molecule has 0 saturated carbocycles. The first-order chi connectivity index (χ1) is 17.9. The average molecular weight is 525 g/mol. The summed E-state index contributed by atoms with van der Waals surface area (Å²) in [5, 5.41) is 11.0. The molecule has 9 nitrogen and oxygen atoms in total. The van der Waals surface area contributed by atoms with E-state index in [1.165, 1.54) is 50.8 Å². The number of likely N-dealkylation sites (tertiary alicyclic amines) is 1. The molecule has 0 bridgehead atoms. The van der Waals surface area contributed by atoms with Crippen molar-refractivity contribution >= 4 is 23.3 Å². The van der Waals surface area contributed by atoms with E-state index >= 15 is 0 Å². The molecule has 0 spiro atoms. The Morgan fingerprint density at radius 3 is 2.30 bits per heavy atom. The number of nitrogens with zero attached hydrogens (tertiary/aromatic N) is 7. The number of aromatic nitrogens is 2. The first-order valence-electron chi connectivity index (χ1n) is 13.2. The fourth-order valence-electron chi connectivity index (χ4n) is 4.82. The molecular weight excluding hydrogens is 488 g/mol. The third-order valence-corrected chi connectivity index (χ3v) is 7.15. The first kappa shape index (κ1) is 27.3. The van der Waals surface area contributed by atoms with Crippen molar-refractivity contribution in [2.45, 2.75) is 33.2 Å². The highest BCUT2D eigenvalue weighted by molar-refractivity contribution is 6.32. The number of hydrogen-bond donors (Lipinski definition) is 1. The van der Waals surface area contributed by atoms with Crippen LogP contribution in [0.3, 0.4) is 0 Å². The number of halogens is 1. The maximum absolute atomic E-state index is 13.0. The van der Waals surface area contributed by atoms with Gasteiger partial charge in [-0.3, -0.25) is 25.0 Å². The highest BCUT2D eigenvalue weighted by Crippen LogP contribution is 2.22. The maximum atomic E-state index is 13.0. The minimum absolute atomic E-state index is 0.000757. The van der Waals surface area contributed by atoms with Crippen LogP contribution in [-0.2, 0) is 6.54 Å². The lowest BCUT2D eigenvalue weighted by Gasteiger charge is -2.35. The standard InChI is InChI=1S/C27H37ClN8O/c1-21(2)19-36(26-24(28)18-30-25(17-29)31-26)32-27(37)23-7-5-22(6-8-23)20-35-15-13-34(14-16-35)12-11-33-9-3-4-10-33/h5-8,18,21H,3-4,9-16,19-20H2,1-2H3,(H,32,37). The highest BCUT2D eigenvalue weighted by Gasteiger charge is 2.21. The van der Waals surface area contributed by atoms with Crippen molar-refractivity contribution < 1.29 is 4.79 Å². The van der Waals surface area contributed by atoms with Crippen LogP contribution >= 0.6 is 11.6 Å². The van der Waals surface area contributed by atoms with Gasteiger partial charge in [0.05, 0.1) is 6.20 Å². The molecule has 0 radical (unpaired) electrons. The number of piperazine rings is 1. The zero-order valence-corrected chi connectivity index (χ0v) is 22.6. The molecule has 1 amide bonds. The molecule has 2 saturated heterocycles. The number of rotatable bonds is 10. The number of amides is 1. The van der Waals surface area contributed by atoms with Crippen LogP contribution in [0.1, 0.15) is 48.4 Å². The number of carbonyl (C=O) groups excluding carboxylic acids is 1. The van der Waals surface area contributed by atoms with Crippen LogP contribution in [0.2, 0.25) is 5.02 Å². The quantitative estimate of drug-likeness (QED) is 0.474. The first-order valence-corrected chi connectivity index (χ1v) is 13.6. The predicted molar refractivity (Wildman–Crippen MR) is 145 cm³/mol. The Morgan fingerprint density at radius 1 is 1.05 bits per heavy atom. The van der Waals surface area contributed by atoms with E-state index in [9.17, 15) is 4.79 Å². The van der Waals surface area contributed by atoms with Crippen molar-refractivity contribution in [1.82, 2.24) is 30.1 Å². The number of hydrazine groups is 1. The van der Waals surface area contributed by atoms with Gasteiger partial charge < -0.3 is 4.90 Å². The van der Waals surface area contributed by atoms with Gasteiger partial charge in [-0.2, -0.15) is 10.2 Å². The molecular formula is C27H37ClN8O. The summed E-state index contributed by atoms with van der Waals surface area (Å²) in [5.41, 5.74) is 4.65. The smallest absolute Gasteiger partial charge is 0.269 e. The molecule has 1 aromatic carbocycles. The van der Waals surface area contributed by atoms with E-state index in [0.29, 0.717) is 17.9 Å². The second kappa shape index (κ2) is 13.2. The maximum Gasteiger partial charge on any atom is 0.269 e. The highest BCUT2D eigenvalue weighted by atomic mass is 35.5. The van der Waals surface area contributed by atoms with E-state index in [1.54, 1.807) is 5.01 Å². The predicted octanol–water partition coefficient (Wildman–Crippen LogP) is 3.02. The van der Waals surface area contributed by atoms with E-state index in [2.05, 4.69) is 30.1 Å². The Morgan fingerprint density at radius 2 is 1.68 bits per heavy atom. The summed E-state index contributed by atoms with van der Waals surface area (Å²) in [7, 11) is 0. The average Bonchev–Trinajstić information content (AvgIpc) is 3.42. The fourth-order valence-corrected chi connectivity index (χ4v) is 5.01. The van der Waals surface area contributed by atoms with Crippen molar-refractivity contribution in [2.75, 3.05) is 63.9 Å². The van der Waals surface area contributed by atoms with E-state index < -0.39 is 0 Å². The summed E-state index contributed by atoms with van der Waals surface area (Å²) in [5.74, 6) is 0.276. The Hall–Kier alpha value is -2.77. The van der Waals surface area contributed by atoms with Crippen LogP contribution in [-0.4, -0.2) is 89.5 Å². The summed E-state index contributed by atoms with van der Waals surface area (Å²) in [4.78, 5) is 28.8. The summed E-state index contributed by atoms with van der Waals surface area (Å²) in [6.07, 6.45) is 4.08. The second-order valence-electron chi connectivity index (χ2n) is 10.3. The van der Waals surface area contributed by atoms with E-state index in [0.717, 1.165) is 32.7 Å². The molecule has 0 unspecified atom stereocenters. The lowest BCUT2D eigenvalue weighted by Crippen LogP contribution is -2.47. The SMILES string of the molecule is CC(C)CN(NC(=O)c1ccc(CN2CCN(CCN3CCCC3)CC2)cc1)c1nc(C#N)ncc1Cl. The van der Waals surface area contributed by atoms with Crippen LogP contribution in [0.25, 0.3) is 0 Å². The number of anilines is 1. The molecule has 4 rings (SSSR count). The van der Waals surface area contributed by atoms with Gasteiger partial charge in [-0.1, -0.05) is 37.6 Å². The molecule has 37 heavy (non-hydrogen) atoms.